The van der Waals surface area contributed by atoms with Crippen LogP contribution in [0.1, 0.15) is 32.2 Å². The quantitative estimate of drug-likeness (QED) is 0.792. The standard InChI is InChI=1S/C14H17N3S/c1-9-5-10(8-15-7-9)11-6-12(18)17-13(16-11)14(2,3)4/h5-8H,1-4H3,(H,16,17,18). The highest BCUT2D eigenvalue weighted by atomic mass is 32.1. The molecule has 0 saturated heterocycles. The Morgan fingerprint density at radius 2 is 1.89 bits per heavy atom. The molecule has 0 aliphatic heterocycles. The van der Waals surface area contributed by atoms with Crippen molar-refractivity contribution in [2.24, 2.45) is 0 Å². The Bertz CT molecular complexity index is 623. The van der Waals surface area contributed by atoms with Gasteiger partial charge in [-0.15, -0.1) is 0 Å². The van der Waals surface area contributed by atoms with Crippen molar-refractivity contribution in [3.63, 3.8) is 0 Å². The minimum Gasteiger partial charge on any atom is -0.343 e. The van der Waals surface area contributed by atoms with Crippen LogP contribution in [0.3, 0.4) is 0 Å². The largest absolute Gasteiger partial charge is 0.343 e. The minimum absolute atomic E-state index is 0.0547. The van der Waals surface area contributed by atoms with Crippen molar-refractivity contribution in [2.75, 3.05) is 0 Å². The monoisotopic (exact) mass is 259 g/mol. The molecular formula is C14H17N3S. The first-order chi connectivity index (χ1) is 8.36. The number of hydrogen-bond acceptors (Lipinski definition) is 3. The number of H-pyrrole nitrogens is 1. The molecule has 0 radical (unpaired) electrons. The lowest BCUT2D eigenvalue weighted by atomic mass is 9.95. The second kappa shape index (κ2) is 4.61. The third-order valence-corrected chi connectivity index (χ3v) is 2.85. The molecule has 0 spiro atoms. The van der Waals surface area contributed by atoms with E-state index in [1.165, 1.54) is 0 Å². The van der Waals surface area contributed by atoms with Gasteiger partial charge in [0, 0.05) is 23.4 Å². The first-order valence-corrected chi connectivity index (χ1v) is 6.31. The summed E-state index contributed by atoms with van der Waals surface area (Å²) in [5.74, 6) is 0.895. The second-order valence-corrected chi connectivity index (χ2v) is 5.90. The Labute approximate surface area is 112 Å². The zero-order chi connectivity index (χ0) is 13.3. The molecule has 18 heavy (non-hydrogen) atoms. The van der Waals surface area contributed by atoms with Crippen LogP contribution < -0.4 is 0 Å². The molecule has 0 unspecified atom stereocenters. The Morgan fingerprint density at radius 1 is 1.17 bits per heavy atom. The SMILES string of the molecule is Cc1cncc(-c2cc(=S)nc(C(C)(C)C)[nH]2)c1. The normalized spacial score (nSPS) is 11.6. The molecule has 2 aromatic heterocycles. The average molecular weight is 259 g/mol. The molecule has 0 fully saturated rings. The van der Waals surface area contributed by atoms with E-state index in [0.717, 1.165) is 22.6 Å². The van der Waals surface area contributed by atoms with E-state index in [1.807, 2.05) is 25.4 Å². The lowest BCUT2D eigenvalue weighted by Gasteiger charge is -2.18. The highest BCUT2D eigenvalue weighted by Gasteiger charge is 2.17. The third kappa shape index (κ3) is 2.82. The van der Waals surface area contributed by atoms with Crippen molar-refractivity contribution in [2.45, 2.75) is 33.1 Å². The zero-order valence-electron chi connectivity index (χ0n) is 11.1. The lowest BCUT2D eigenvalue weighted by molar-refractivity contribution is 0.545. The van der Waals surface area contributed by atoms with Gasteiger partial charge in [-0.05, 0) is 24.6 Å². The van der Waals surface area contributed by atoms with Gasteiger partial charge in [0.05, 0.1) is 5.69 Å². The average Bonchev–Trinajstić information content (AvgIpc) is 2.27. The van der Waals surface area contributed by atoms with E-state index in [0.29, 0.717) is 4.64 Å². The maximum Gasteiger partial charge on any atom is 0.130 e. The van der Waals surface area contributed by atoms with E-state index in [2.05, 4.69) is 41.8 Å². The van der Waals surface area contributed by atoms with Crippen LogP contribution in [-0.4, -0.2) is 15.0 Å². The maximum absolute atomic E-state index is 5.24. The molecule has 0 aliphatic rings. The van der Waals surface area contributed by atoms with Crippen molar-refractivity contribution in [1.82, 2.24) is 15.0 Å². The maximum atomic E-state index is 5.24. The lowest BCUT2D eigenvalue weighted by Crippen LogP contribution is -2.16. The van der Waals surface area contributed by atoms with Crippen molar-refractivity contribution in [3.8, 4) is 11.3 Å². The molecule has 4 heteroatoms. The van der Waals surface area contributed by atoms with E-state index in [-0.39, 0.29) is 5.41 Å². The Hall–Kier alpha value is -1.55. The molecule has 0 amide bonds. The molecule has 1 N–H and O–H groups in total. The summed E-state index contributed by atoms with van der Waals surface area (Å²) >= 11 is 5.24. The smallest absolute Gasteiger partial charge is 0.130 e. The van der Waals surface area contributed by atoms with Crippen LogP contribution in [0.5, 0.6) is 0 Å². The fourth-order valence-electron chi connectivity index (χ4n) is 1.67. The third-order valence-electron chi connectivity index (χ3n) is 2.64. The summed E-state index contributed by atoms with van der Waals surface area (Å²) in [6, 6.07) is 3.96. The van der Waals surface area contributed by atoms with Gasteiger partial charge in [-0.2, -0.15) is 0 Å². The van der Waals surface area contributed by atoms with Crippen LogP contribution in [0.2, 0.25) is 0 Å². The molecule has 0 atom stereocenters. The summed E-state index contributed by atoms with van der Waals surface area (Å²) in [6.45, 7) is 8.35. The van der Waals surface area contributed by atoms with E-state index in [9.17, 15) is 0 Å². The van der Waals surface area contributed by atoms with Crippen LogP contribution >= 0.6 is 12.2 Å². The number of rotatable bonds is 1. The van der Waals surface area contributed by atoms with Crippen LogP contribution in [0, 0.1) is 11.6 Å². The number of nitrogens with zero attached hydrogens (tertiary/aromatic N) is 2. The van der Waals surface area contributed by atoms with Gasteiger partial charge in [0.15, 0.2) is 0 Å². The van der Waals surface area contributed by atoms with Crippen molar-refractivity contribution in [3.05, 3.63) is 40.6 Å². The highest BCUT2D eigenvalue weighted by Crippen LogP contribution is 2.22. The zero-order valence-corrected chi connectivity index (χ0v) is 11.9. The molecule has 2 heterocycles. The van der Waals surface area contributed by atoms with Gasteiger partial charge >= 0.3 is 0 Å². The van der Waals surface area contributed by atoms with Crippen LogP contribution in [0.4, 0.5) is 0 Å². The predicted molar refractivity (Wildman–Crippen MR) is 76.1 cm³/mol. The molecule has 3 nitrogen and oxygen atoms in total. The van der Waals surface area contributed by atoms with Gasteiger partial charge < -0.3 is 4.98 Å². The van der Waals surface area contributed by atoms with Crippen LogP contribution in [-0.2, 0) is 5.41 Å². The summed E-state index contributed by atoms with van der Waals surface area (Å²) in [4.78, 5) is 12.0. The summed E-state index contributed by atoms with van der Waals surface area (Å²) in [7, 11) is 0. The summed E-state index contributed by atoms with van der Waals surface area (Å²) < 4.78 is 0.607. The molecule has 0 aliphatic carbocycles. The molecule has 0 aromatic carbocycles. The van der Waals surface area contributed by atoms with Crippen molar-refractivity contribution >= 4 is 12.2 Å². The molecular weight excluding hydrogens is 242 g/mol. The summed E-state index contributed by atoms with van der Waals surface area (Å²) in [5.41, 5.74) is 3.08. The Morgan fingerprint density at radius 3 is 2.50 bits per heavy atom. The second-order valence-electron chi connectivity index (χ2n) is 5.48. The summed E-state index contributed by atoms with van der Waals surface area (Å²) in [6.07, 6.45) is 3.67. The molecule has 94 valence electrons. The van der Waals surface area contributed by atoms with Gasteiger partial charge in [-0.3, -0.25) is 4.98 Å². The van der Waals surface area contributed by atoms with Gasteiger partial charge in [-0.1, -0.05) is 33.0 Å². The number of aromatic amines is 1. The van der Waals surface area contributed by atoms with E-state index in [4.69, 9.17) is 12.2 Å². The van der Waals surface area contributed by atoms with Crippen molar-refractivity contribution < 1.29 is 0 Å². The number of aryl methyl sites for hydroxylation is 1. The van der Waals surface area contributed by atoms with Gasteiger partial charge in [0.2, 0.25) is 0 Å². The fourth-order valence-corrected chi connectivity index (χ4v) is 1.88. The van der Waals surface area contributed by atoms with E-state index in [1.54, 1.807) is 0 Å². The topological polar surface area (TPSA) is 41.6 Å². The van der Waals surface area contributed by atoms with Gasteiger partial charge in [-0.25, -0.2) is 4.98 Å². The Kier molecular flexibility index (Phi) is 3.30. The molecule has 0 bridgehead atoms. The fraction of sp³-hybridized carbons (Fsp3) is 0.357. The van der Waals surface area contributed by atoms with Crippen LogP contribution in [0.25, 0.3) is 11.3 Å². The number of nitrogens with one attached hydrogen (secondary N) is 1. The first kappa shape index (κ1) is 12.9. The predicted octanol–water partition coefficient (Wildman–Crippen LogP) is 3.81. The molecule has 2 rings (SSSR count). The van der Waals surface area contributed by atoms with E-state index >= 15 is 0 Å². The highest BCUT2D eigenvalue weighted by molar-refractivity contribution is 7.71. The van der Waals surface area contributed by atoms with Gasteiger partial charge in [0.25, 0.3) is 0 Å². The molecule has 0 saturated carbocycles. The number of hydrogen-bond donors (Lipinski definition) is 1. The van der Waals surface area contributed by atoms with E-state index < -0.39 is 0 Å². The number of aromatic nitrogens is 3. The van der Waals surface area contributed by atoms with Crippen molar-refractivity contribution in [1.29, 1.82) is 0 Å². The summed E-state index contributed by atoms with van der Waals surface area (Å²) in [5, 5.41) is 0. The van der Waals surface area contributed by atoms with Gasteiger partial charge in [0.1, 0.15) is 10.5 Å². The Balaban J connectivity index is 2.59. The number of pyridine rings is 1. The minimum atomic E-state index is -0.0547. The van der Waals surface area contributed by atoms with Crippen LogP contribution in [0.15, 0.2) is 24.5 Å². The molecule has 2 aromatic rings. The first-order valence-electron chi connectivity index (χ1n) is 5.90.